The van der Waals surface area contributed by atoms with Crippen LogP contribution in [-0.2, 0) is 6.18 Å². The molecule has 3 nitrogen and oxygen atoms in total. The smallest absolute Gasteiger partial charge is 0.298 e. The van der Waals surface area contributed by atoms with Crippen molar-refractivity contribution in [3.8, 4) is 6.07 Å². The Labute approximate surface area is 91.5 Å². The van der Waals surface area contributed by atoms with Crippen LogP contribution in [0.15, 0.2) is 6.20 Å². The monoisotopic (exact) mass is 250 g/mol. The maximum absolute atomic E-state index is 12.4. The number of hydrogen-bond acceptors (Lipinski definition) is 3. The van der Waals surface area contributed by atoms with Gasteiger partial charge >= 0.3 is 6.18 Å². The number of rotatable bonds is 2. The van der Waals surface area contributed by atoms with Gasteiger partial charge in [-0.25, -0.2) is 8.78 Å². The van der Waals surface area contributed by atoms with Gasteiger partial charge in [-0.15, -0.1) is 0 Å². The third-order valence-corrected chi connectivity index (χ3v) is 1.89. The molecule has 17 heavy (non-hydrogen) atoms. The molecule has 0 saturated heterocycles. The predicted octanol–water partition coefficient (Wildman–Crippen LogP) is 2.72. The van der Waals surface area contributed by atoms with E-state index in [-0.39, 0.29) is 12.5 Å². The molecule has 1 heterocycles. The Morgan fingerprint density at radius 3 is 2.35 bits per heavy atom. The maximum Gasteiger partial charge on any atom is 0.419 e. The van der Waals surface area contributed by atoms with Crippen molar-refractivity contribution < 1.29 is 26.7 Å². The van der Waals surface area contributed by atoms with Crippen molar-refractivity contribution in [1.82, 2.24) is 4.98 Å². The first-order valence-electron chi connectivity index (χ1n) is 4.06. The van der Waals surface area contributed by atoms with E-state index in [1.54, 1.807) is 0 Å². The number of halogens is 5. The third-order valence-electron chi connectivity index (χ3n) is 1.89. The van der Waals surface area contributed by atoms with Crippen LogP contribution in [0.1, 0.15) is 33.6 Å². The van der Waals surface area contributed by atoms with Crippen LogP contribution in [0.2, 0.25) is 0 Å². The molecule has 8 heteroatoms. The van der Waals surface area contributed by atoms with Crippen LogP contribution in [0.4, 0.5) is 22.0 Å². The highest BCUT2D eigenvalue weighted by atomic mass is 19.4. The van der Waals surface area contributed by atoms with Crippen molar-refractivity contribution in [2.75, 3.05) is 0 Å². The molecule has 0 amide bonds. The van der Waals surface area contributed by atoms with Crippen LogP contribution in [0.5, 0.6) is 0 Å². The quantitative estimate of drug-likeness (QED) is 0.599. The summed E-state index contributed by atoms with van der Waals surface area (Å²) in [6.45, 7) is 0. The van der Waals surface area contributed by atoms with Gasteiger partial charge in [0.25, 0.3) is 6.43 Å². The SMILES string of the molecule is N#Cc1c(C(F)(F)F)cnc(C(F)F)c1C=O. The van der Waals surface area contributed by atoms with Crippen molar-refractivity contribution in [1.29, 1.82) is 5.26 Å². The largest absolute Gasteiger partial charge is 0.419 e. The van der Waals surface area contributed by atoms with Crippen LogP contribution in [0.25, 0.3) is 0 Å². The summed E-state index contributed by atoms with van der Waals surface area (Å²) in [6, 6.07) is 1.09. The Morgan fingerprint density at radius 1 is 1.41 bits per heavy atom. The summed E-state index contributed by atoms with van der Waals surface area (Å²) in [5.74, 6) is 0. The Morgan fingerprint density at radius 2 is 2.00 bits per heavy atom. The standard InChI is InChI=1S/C9H3F5N2O/c10-8(11)7-5(3-17)4(1-15)6(2-16-7)9(12,13)14/h2-3,8H. The predicted molar refractivity (Wildman–Crippen MR) is 44.3 cm³/mol. The molecule has 0 unspecified atom stereocenters. The number of hydrogen-bond donors (Lipinski definition) is 0. The van der Waals surface area contributed by atoms with Crippen molar-refractivity contribution in [2.24, 2.45) is 0 Å². The van der Waals surface area contributed by atoms with Gasteiger partial charge in [0.05, 0.1) is 16.7 Å². The number of nitriles is 1. The van der Waals surface area contributed by atoms with Gasteiger partial charge in [-0.2, -0.15) is 18.4 Å². The van der Waals surface area contributed by atoms with Crippen LogP contribution in [0.3, 0.4) is 0 Å². The molecule has 1 rings (SSSR count). The second kappa shape index (κ2) is 4.45. The normalized spacial score (nSPS) is 11.4. The van der Waals surface area contributed by atoms with Gasteiger partial charge in [0.2, 0.25) is 0 Å². The van der Waals surface area contributed by atoms with Crippen LogP contribution in [0, 0.1) is 11.3 Å². The number of aromatic nitrogens is 1. The summed E-state index contributed by atoms with van der Waals surface area (Å²) in [4.78, 5) is 13.4. The van der Waals surface area contributed by atoms with E-state index in [1.807, 2.05) is 0 Å². The molecule has 0 bridgehead atoms. The van der Waals surface area contributed by atoms with E-state index in [2.05, 4.69) is 4.98 Å². The molecule has 0 aliphatic heterocycles. The average Bonchev–Trinajstić information content (AvgIpc) is 2.25. The fourth-order valence-electron chi connectivity index (χ4n) is 1.17. The third kappa shape index (κ3) is 2.38. The van der Waals surface area contributed by atoms with Crippen LogP contribution in [-0.4, -0.2) is 11.3 Å². The van der Waals surface area contributed by atoms with E-state index >= 15 is 0 Å². The van der Waals surface area contributed by atoms with E-state index < -0.39 is 35.0 Å². The molecule has 1 aromatic rings. The average molecular weight is 250 g/mol. The van der Waals surface area contributed by atoms with Crippen molar-refractivity contribution in [3.05, 3.63) is 28.6 Å². The molecule has 0 N–H and O–H groups in total. The van der Waals surface area contributed by atoms with E-state index in [4.69, 9.17) is 5.26 Å². The maximum atomic E-state index is 12.4. The van der Waals surface area contributed by atoms with Gasteiger partial charge in [-0.05, 0) is 0 Å². The Kier molecular flexibility index (Phi) is 3.41. The second-order valence-corrected chi connectivity index (χ2v) is 2.87. The van der Waals surface area contributed by atoms with Crippen molar-refractivity contribution >= 4 is 6.29 Å². The molecule has 0 atom stereocenters. The molecular weight excluding hydrogens is 247 g/mol. The fraction of sp³-hybridized carbons (Fsp3) is 0.222. The number of aldehydes is 1. The molecule has 1 aromatic heterocycles. The molecule has 0 radical (unpaired) electrons. The summed E-state index contributed by atoms with van der Waals surface area (Å²) >= 11 is 0. The minimum atomic E-state index is -4.93. The lowest BCUT2D eigenvalue weighted by Gasteiger charge is -2.11. The summed E-state index contributed by atoms with van der Waals surface area (Å²) in [5, 5.41) is 8.52. The van der Waals surface area contributed by atoms with E-state index in [0.29, 0.717) is 0 Å². The minimum absolute atomic E-state index is 0.118. The first kappa shape index (κ1) is 13.0. The number of nitrogens with zero attached hydrogens (tertiary/aromatic N) is 2. The summed E-state index contributed by atoms with van der Waals surface area (Å²) in [6.07, 6.45) is -8.28. The topological polar surface area (TPSA) is 53.8 Å². The number of pyridine rings is 1. The first-order chi connectivity index (χ1) is 7.82. The lowest BCUT2D eigenvalue weighted by molar-refractivity contribution is -0.138. The number of carbonyl (C=O) groups excluding carboxylic acids is 1. The zero-order valence-electron chi connectivity index (χ0n) is 7.92. The Hall–Kier alpha value is -2.04. The van der Waals surface area contributed by atoms with Gasteiger partial charge in [-0.3, -0.25) is 9.78 Å². The Bertz CT molecular complexity index is 489. The number of carbonyl (C=O) groups is 1. The molecule has 0 saturated carbocycles. The van der Waals surface area contributed by atoms with Gasteiger partial charge in [0.15, 0.2) is 6.29 Å². The lowest BCUT2D eigenvalue weighted by Crippen LogP contribution is -2.13. The number of alkyl halides is 5. The van der Waals surface area contributed by atoms with Crippen LogP contribution < -0.4 is 0 Å². The molecule has 0 aromatic carbocycles. The van der Waals surface area contributed by atoms with Gasteiger partial charge < -0.3 is 0 Å². The Balaban J connectivity index is 3.62. The molecule has 0 spiro atoms. The fourth-order valence-corrected chi connectivity index (χ4v) is 1.17. The molecule has 0 aliphatic rings. The van der Waals surface area contributed by atoms with Crippen molar-refractivity contribution in [2.45, 2.75) is 12.6 Å². The molecule has 0 aliphatic carbocycles. The minimum Gasteiger partial charge on any atom is -0.298 e. The highest BCUT2D eigenvalue weighted by molar-refractivity contribution is 5.81. The van der Waals surface area contributed by atoms with E-state index in [0.717, 1.165) is 6.07 Å². The second-order valence-electron chi connectivity index (χ2n) is 2.87. The zero-order valence-corrected chi connectivity index (χ0v) is 7.92. The summed E-state index contributed by atoms with van der Waals surface area (Å²) in [5.41, 5.74) is -4.81. The first-order valence-corrected chi connectivity index (χ1v) is 4.06. The summed E-state index contributed by atoms with van der Waals surface area (Å²) in [7, 11) is 0. The highest BCUT2D eigenvalue weighted by Crippen LogP contribution is 2.34. The van der Waals surface area contributed by atoms with E-state index in [1.165, 1.54) is 0 Å². The molecule has 0 fully saturated rings. The van der Waals surface area contributed by atoms with Crippen LogP contribution >= 0.6 is 0 Å². The highest BCUT2D eigenvalue weighted by Gasteiger charge is 2.36. The zero-order chi connectivity index (χ0) is 13.2. The van der Waals surface area contributed by atoms with Gasteiger partial charge in [0.1, 0.15) is 11.8 Å². The molecule has 90 valence electrons. The van der Waals surface area contributed by atoms with Crippen molar-refractivity contribution in [3.63, 3.8) is 0 Å². The molecular formula is C9H3F5N2O. The van der Waals surface area contributed by atoms with E-state index in [9.17, 15) is 26.7 Å². The lowest BCUT2D eigenvalue weighted by atomic mass is 10.0. The summed E-state index contributed by atoms with van der Waals surface area (Å²) < 4.78 is 61.9. The van der Waals surface area contributed by atoms with Gasteiger partial charge in [-0.1, -0.05) is 0 Å². The van der Waals surface area contributed by atoms with Gasteiger partial charge in [0, 0.05) is 6.20 Å².